The molecule has 18 rings (SSSR count). The zero-order valence-corrected chi connectivity index (χ0v) is 71.5. The summed E-state index contributed by atoms with van der Waals surface area (Å²) < 4.78 is 27.3. The lowest BCUT2D eigenvalue weighted by atomic mass is 9.83. The largest absolute Gasteiger partial charge is 0.493 e. The number of fused-ring (bicyclic) bond motifs is 6. The summed E-state index contributed by atoms with van der Waals surface area (Å²) in [5.74, 6) is 3.58. The van der Waals surface area contributed by atoms with Gasteiger partial charge in [0.2, 0.25) is 6.79 Å². The van der Waals surface area contributed by atoms with E-state index in [1.54, 1.807) is 0 Å². The zero-order chi connectivity index (χ0) is 80.3. The Morgan fingerprint density at radius 3 is 0.653 bits per heavy atom. The first-order valence-corrected chi connectivity index (χ1v) is 47.1. The Labute approximate surface area is 702 Å². The van der Waals surface area contributed by atoms with Crippen molar-refractivity contribution in [2.45, 2.75) is 72.6 Å². The molecule has 0 fully saturated rings. The predicted molar refractivity (Wildman–Crippen MR) is 507 cm³/mol. The molecule has 16 aromatic carbocycles. The number of benzene rings is 16. The summed E-state index contributed by atoms with van der Waals surface area (Å²) in [6, 6.07) is 138. The van der Waals surface area contributed by atoms with Crippen molar-refractivity contribution in [2.24, 2.45) is 0 Å². The third-order valence-electron chi connectivity index (χ3n) is 22.7. The summed E-state index contributed by atoms with van der Waals surface area (Å²) >= 11 is 0. The Hall–Kier alpha value is -11.6. The monoisotopic (exact) mass is 1600 g/mol. The summed E-state index contributed by atoms with van der Waals surface area (Å²) in [4.78, 5) is 0. The van der Waals surface area contributed by atoms with E-state index < -0.39 is 31.7 Å². The van der Waals surface area contributed by atoms with Crippen molar-refractivity contribution in [1.29, 1.82) is 0 Å². The third kappa shape index (κ3) is 17.3. The van der Waals surface area contributed by atoms with E-state index >= 15 is 0 Å². The van der Waals surface area contributed by atoms with Crippen LogP contribution in [0.25, 0.3) is 66.8 Å². The fourth-order valence-corrected chi connectivity index (χ4v) is 27.1. The maximum Gasteiger partial charge on any atom is 0.230 e. The van der Waals surface area contributed by atoms with Gasteiger partial charge in [-0.15, -0.1) is 0 Å². The SMILES string of the molecule is Cc1cc(C)c(-c2ccc3c(c2CP(c2ccccc2)c2ccccc2)-c2c(ccc(-c4c(C)cc(C)cc4C)c2CP(c2ccccc2)c2ccccc2)OCO3)c(C)c1.c1ccc(-c2ccc3c(c2CP(c2ccccc2)c2ccccc2)-c2c(ccc(-c4ccccc4)c2CP(c2ccccc2)c2ccccc2)OCCCO3)cc1. The van der Waals surface area contributed by atoms with Crippen molar-refractivity contribution in [3.63, 3.8) is 0 Å². The van der Waals surface area contributed by atoms with Gasteiger partial charge in [0.15, 0.2) is 0 Å². The summed E-state index contributed by atoms with van der Waals surface area (Å²) in [6.07, 6.45) is 4.12. The van der Waals surface area contributed by atoms with E-state index in [0.29, 0.717) is 13.2 Å². The van der Waals surface area contributed by atoms with Crippen LogP contribution >= 0.6 is 31.7 Å². The van der Waals surface area contributed by atoms with Crippen LogP contribution in [0.4, 0.5) is 0 Å². The van der Waals surface area contributed by atoms with Gasteiger partial charge in [-0.2, -0.15) is 0 Å². The molecule has 0 amide bonds. The van der Waals surface area contributed by atoms with Crippen LogP contribution in [0, 0.1) is 41.5 Å². The molecule has 2 aliphatic rings. The van der Waals surface area contributed by atoms with Gasteiger partial charge in [-0.3, -0.25) is 0 Å². The first-order chi connectivity index (χ1) is 58.1. The molecule has 0 bridgehead atoms. The lowest BCUT2D eigenvalue weighted by Crippen LogP contribution is -2.15. The van der Waals surface area contributed by atoms with Crippen LogP contribution in [0.1, 0.15) is 62.1 Å². The minimum atomic E-state index is -0.829. The maximum atomic E-state index is 6.90. The van der Waals surface area contributed by atoms with Gasteiger partial charge < -0.3 is 18.9 Å². The van der Waals surface area contributed by atoms with Gasteiger partial charge in [0.05, 0.1) is 13.2 Å². The van der Waals surface area contributed by atoms with Gasteiger partial charge in [-0.1, -0.05) is 363 Å². The van der Waals surface area contributed by atoms with Gasteiger partial charge in [0.1, 0.15) is 23.0 Å². The van der Waals surface area contributed by atoms with Crippen LogP contribution in [-0.2, 0) is 24.6 Å². The molecule has 8 heteroatoms. The lowest BCUT2D eigenvalue weighted by molar-refractivity contribution is 0.124. The molecule has 4 nitrogen and oxygen atoms in total. The molecular weight excluding hydrogens is 1510 g/mol. The minimum Gasteiger partial charge on any atom is -0.493 e. The van der Waals surface area contributed by atoms with E-state index in [9.17, 15) is 0 Å². The van der Waals surface area contributed by atoms with E-state index in [1.807, 2.05) is 0 Å². The molecule has 118 heavy (non-hydrogen) atoms. The Morgan fingerprint density at radius 1 is 0.212 bits per heavy atom. The first kappa shape index (κ1) is 78.9. The second-order valence-electron chi connectivity index (χ2n) is 30.6. The number of hydrogen-bond donors (Lipinski definition) is 0. The highest BCUT2D eigenvalue weighted by molar-refractivity contribution is 7.73. The Morgan fingerprint density at radius 2 is 0.415 bits per heavy atom. The van der Waals surface area contributed by atoms with E-state index in [4.69, 9.17) is 18.9 Å². The molecule has 580 valence electrons. The average Bonchev–Trinajstić information content (AvgIpc) is 1.27. The molecule has 16 aromatic rings. The summed E-state index contributed by atoms with van der Waals surface area (Å²) in [5.41, 5.74) is 27.4. The highest BCUT2D eigenvalue weighted by Gasteiger charge is 2.35. The van der Waals surface area contributed by atoms with Crippen LogP contribution in [-0.4, -0.2) is 20.0 Å². The summed E-state index contributed by atoms with van der Waals surface area (Å²) in [5, 5.41) is 10.8. The number of rotatable bonds is 20. The van der Waals surface area contributed by atoms with Crippen LogP contribution in [0.2, 0.25) is 0 Å². The fourth-order valence-electron chi connectivity index (χ4n) is 17.6. The van der Waals surface area contributed by atoms with Crippen LogP contribution in [0.3, 0.4) is 0 Å². The Kier molecular flexibility index (Phi) is 24.7. The number of aryl methyl sites for hydroxylation is 6. The second-order valence-corrected chi connectivity index (χ2v) is 39.4. The van der Waals surface area contributed by atoms with Crippen molar-refractivity contribution in [3.05, 3.63) is 432 Å². The number of hydrogen-bond acceptors (Lipinski definition) is 4. The van der Waals surface area contributed by atoms with E-state index in [2.05, 4.69) is 418 Å². The molecule has 0 aromatic heterocycles. The minimum absolute atomic E-state index is 0.140. The molecule has 0 saturated heterocycles. The van der Waals surface area contributed by atoms with Crippen molar-refractivity contribution in [1.82, 2.24) is 0 Å². The topological polar surface area (TPSA) is 36.9 Å². The average molecular weight is 1610 g/mol. The van der Waals surface area contributed by atoms with Gasteiger partial charge in [0, 0.05) is 53.3 Å². The second kappa shape index (κ2) is 36.9. The molecule has 0 spiro atoms. The first-order valence-electron chi connectivity index (χ1n) is 41.0. The highest BCUT2D eigenvalue weighted by Crippen LogP contribution is 2.58. The standard InChI is InChI=1S/C57H52O2P2.C53H44O2P2/c1-38-31-40(3)54(41(4)32-38)48-27-29-52-56(50(48)35-60(44-19-11-7-12-20-44)45-21-13-8-14-22-45)57-51(36-61(46-23-15-9-16-24-46)47-25-17-10-18-26-47)49(28-30-53(57)59-37-58-52)55-42(5)33-39(2)34-43(55)6;1-7-20-40(21-8-1)46-32-34-50-52(48(46)38-56(42-24-11-3-12-25-42)43-26-13-4-14-27-43)53-49(39-57(44-28-15-5-16-29-44)45-30-17-6-18-31-45)47(41-22-9-2-10-23-41)33-35-51(53)55-37-19-36-54-50/h7-34H,35-37H2,1-6H3;1-18,20-35H,19,36-39H2. The van der Waals surface area contributed by atoms with Gasteiger partial charge in [0.25, 0.3) is 0 Å². The third-order valence-corrected chi connectivity index (χ3v) is 32.6. The van der Waals surface area contributed by atoms with E-state index in [1.165, 1.54) is 143 Å². The Bertz CT molecular complexity index is 5540. The summed E-state index contributed by atoms with van der Waals surface area (Å²) in [7, 11) is -3.26. The quantitative estimate of drug-likeness (QED) is 0.0713. The van der Waals surface area contributed by atoms with Gasteiger partial charge in [-0.25, -0.2) is 0 Å². The smallest absolute Gasteiger partial charge is 0.230 e. The zero-order valence-electron chi connectivity index (χ0n) is 67.9. The van der Waals surface area contributed by atoms with Crippen molar-refractivity contribution in [3.8, 4) is 89.8 Å². The van der Waals surface area contributed by atoms with Gasteiger partial charge in [-0.05, 0) is 229 Å². The van der Waals surface area contributed by atoms with Crippen LogP contribution < -0.4 is 61.4 Å². The van der Waals surface area contributed by atoms with Crippen molar-refractivity contribution < 1.29 is 18.9 Å². The summed E-state index contributed by atoms with van der Waals surface area (Å²) in [6.45, 7) is 14.8. The van der Waals surface area contributed by atoms with Gasteiger partial charge >= 0.3 is 0 Å². The molecule has 0 saturated carbocycles. The molecule has 2 aliphatic heterocycles. The molecule has 0 radical (unpaired) electrons. The fraction of sp³-hybridized carbons (Fsp3) is 0.127. The number of ether oxygens (including phenoxy) is 4. The molecule has 0 unspecified atom stereocenters. The predicted octanol–water partition coefficient (Wildman–Crippen LogP) is 25.6. The van der Waals surface area contributed by atoms with Crippen LogP contribution in [0.15, 0.2) is 376 Å². The molecular formula is C110H96O4P4. The van der Waals surface area contributed by atoms with Crippen molar-refractivity contribution in [2.75, 3.05) is 20.0 Å². The molecule has 0 aliphatic carbocycles. The normalized spacial score (nSPS) is 12.2. The lowest BCUT2D eigenvalue weighted by Gasteiger charge is -2.28. The molecule has 0 atom stereocenters. The maximum absolute atomic E-state index is 6.90. The van der Waals surface area contributed by atoms with Crippen molar-refractivity contribution >= 4 is 74.1 Å². The highest BCUT2D eigenvalue weighted by atomic mass is 31.1. The van der Waals surface area contributed by atoms with E-state index in [-0.39, 0.29) is 6.79 Å². The molecule has 0 N–H and O–H groups in total. The Balaban J connectivity index is 0.000000169. The molecule has 2 heterocycles. The van der Waals surface area contributed by atoms with Crippen LogP contribution in [0.5, 0.6) is 23.0 Å². The van der Waals surface area contributed by atoms with E-state index in [0.717, 1.165) is 76.3 Å².